The number of para-hydroxylation sites is 3. The normalized spacial score (nSPS) is 17.4. The van der Waals surface area contributed by atoms with Crippen LogP contribution in [0.25, 0.3) is 11.1 Å². The summed E-state index contributed by atoms with van der Waals surface area (Å²) in [6, 6.07) is 33.7. The Labute approximate surface area is 277 Å². The summed E-state index contributed by atoms with van der Waals surface area (Å²) in [6.07, 6.45) is 4.01. The molecule has 4 aromatic carbocycles. The molecule has 3 atom stereocenters. The fraction of sp³-hybridized carbons (Fsp3) is 0.325. The Bertz CT molecular complexity index is 1720. The van der Waals surface area contributed by atoms with Crippen molar-refractivity contribution < 1.29 is 14.4 Å². The van der Waals surface area contributed by atoms with Gasteiger partial charge in [0.05, 0.1) is 24.5 Å². The van der Waals surface area contributed by atoms with Gasteiger partial charge in [0.25, 0.3) is 5.91 Å². The number of fused-ring (bicyclic) bond motifs is 1. The zero-order valence-electron chi connectivity index (χ0n) is 27.3. The Morgan fingerprint density at radius 2 is 1.55 bits per heavy atom. The molecule has 0 spiro atoms. The SMILES string of the molecule is CCCC(C(N)=O)C(CC1CC1)C(=O)NC1CN(c2ccccc2)c2ccccc2N(Cc2cccc(-c3ccc(C)cc3)c2)C1=O. The van der Waals surface area contributed by atoms with Gasteiger partial charge >= 0.3 is 0 Å². The van der Waals surface area contributed by atoms with Gasteiger partial charge in [-0.05, 0) is 72.7 Å². The third-order valence-electron chi connectivity index (χ3n) is 9.50. The first-order valence-corrected chi connectivity index (χ1v) is 16.8. The van der Waals surface area contributed by atoms with Gasteiger partial charge in [-0.1, -0.05) is 105 Å². The van der Waals surface area contributed by atoms with E-state index in [-0.39, 0.29) is 18.4 Å². The molecule has 4 aromatic rings. The molecule has 2 aliphatic rings. The number of carbonyl (C=O) groups excluding carboxylic acids is 3. The van der Waals surface area contributed by atoms with E-state index in [9.17, 15) is 14.4 Å². The van der Waals surface area contributed by atoms with E-state index < -0.39 is 23.8 Å². The van der Waals surface area contributed by atoms with Gasteiger partial charge in [0.2, 0.25) is 11.8 Å². The molecule has 1 aliphatic heterocycles. The molecular formula is C40H44N4O3. The lowest BCUT2D eigenvalue weighted by molar-refractivity contribution is -0.135. The number of rotatable bonds is 12. The fourth-order valence-electron chi connectivity index (χ4n) is 6.79. The molecule has 1 fully saturated rings. The molecular weight excluding hydrogens is 584 g/mol. The second kappa shape index (κ2) is 14.2. The van der Waals surface area contributed by atoms with Crippen LogP contribution in [0.15, 0.2) is 103 Å². The number of hydrogen-bond donors (Lipinski definition) is 2. The highest BCUT2D eigenvalue weighted by molar-refractivity contribution is 6.04. The maximum atomic E-state index is 14.7. The van der Waals surface area contributed by atoms with Crippen molar-refractivity contribution in [1.82, 2.24) is 5.32 Å². The molecule has 47 heavy (non-hydrogen) atoms. The van der Waals surface area contributed by atoms with Crippen molar-refractivity contribution in [2.24, 2.45) is 23.5 Å². The summed E-state index contributed by atoms with van der Waals surface area (Å²) in [7, 11) is 0. The number of benzene rings is 4. The van der Waals surface area contributed by atoms with Crippen LogP contribution in [0.3, 0.4) is 0 Å². The summed E-state index contributed by atoms with van der Waals surface area (Å²) < 4.78 is 0. The Morgan fingerprint density at radius 1 is 0.851 bits per heavy atom. The van der Waals surface area contributed by atoms with E-state index in [1.165, 1.54) is 5.56 Å². The predicted molar refractivity (Wildman–Crippen MR) is 188 cm³/mol. The van der Waals surface area contributed by atoms with Crippen LogP contribution >= 0.6 is 0 Å². The molecule has 3 unspecified atom stereocenters. The molecule has 0 radical (unpaired) electrons. The number of amides is 3. The van der Waals surface area contributed by atoms with Crippen LogP contribution in [0.1, 0.15) is 50.2 Å². The largest absolute Gasteiger partial charge is 0.369 e. The Balaban J connectivity index is 1.37. The fourth-order valence-corrected chi connectivity index (χ4v) is 6.79. The van der Waals surface area contributed by atoms with Gasteiger partial charge in [0.1, 0.15) is 6.04 Å². The summed E-state index contributed by atoms with van der Waals surface area (Å²) in [5.74, 6) is -1.63. The number of anilines is 3. The lowest BCUT2D eigenvalue weighted by Gasteiger charge is -2.29. The van der Waals surface area contributed by atoms with Gasteiger partial charge in [0, 0.05) is 17.5 Å². The molecule has 7 heteroatoms. The third-order valence-corrected chi connectivity index (χ3v) is 9.50. The maximum absolute atomic E-state index is 14.7. The number of carbonyl (C=O) groups is 3. The molecule has 0 saturated heterocycles. The van der Waals surface area contributed by atoms with E-state index in [1.54, 1.807) is 4.90 Å². The van der Waals surface area contributed by atoms with Crippen molar-refractivity contribution in [2.45, 2.75) is 58.5 Å². The molecule has 0 bridgehead atoms. The van der Waals surface area contributed by atoms with Crippen LogP contribution in [0.5, 0.6) is 0 Å². The van der Waals surface area contributed by atoms with E-state index in [1.807, 2.05) is 73.7 Å². The van der Waals surface area contributed by atoms with Gasteiger partial charge in [-0.25, -0.2) is 0 Å². The minimum atomic E-state index is -0.854. The van der Waals surface area contributed by atoms with Gasteiger partial charge in [-0.3, -0.25) is 14.4 Å². The molecule has 6 rings (SSSR count). The zero-order valence-corrected chi connectivity index (χ0v) is 27.3. The van der Waals surface area contributed by atoms with Crippen LogP contribution < -0.4 is 20.9 Å². The maximum Gasteiger partial charge on any atom is 0.251 e. The average Bonchev–Trinajstić information content (AvgIpc) is 3.92. The molecule has 3 N–H and O–H groups in total. The molecule has 242 valence electrons. The van der Waals surface area contributed by atoms with Crippen molar-refractivity contribution in [3.05, 3.63) is 114 Å². The van der Waals surface area contributed by atoms with Crippen molar-refractivity contribution in [3.8, 4) is 11.1 Å². The first kappa shape index (κ1) is 32.0. The van der Waals surface area contributed by atoms with E-state index in [2.05, 4.69) is 53.5 Å². The Kier molecular flexibility index (Phi) is 9.71. The van der Waals surface area contributed by atoms with E-state index in [0.29, 0.717) is 25.3 Å². The zero-order chi connectivity index (χ0) is 32.9. The summed E-state index contributed by atoms with van der Waals surface area (Å²) in [6.45, 7) is 4.65. The first-order valence-electron chi connectivity index (χ1n) is 16.8. The van der Waals surface area contributed by atoms with Crippen molar-refractivity contribution in [3.63, 3.8) is 0 Å². The second-order valence-corrected chi connectivity index (χ2v) is 13.1. The van der Waals surface area contributed by atoms with Crippen LogP contribution in [0, 0.1) is 24.7 Å². The van der Waals surface area contributed by atoms with Crippen molar-refractivity contribution >= 4 is 34.8 Å². The lowest BCUT2D eigenvalue weighted by Crippen LogP contribution is -2.54. The molecule has 0 aromatic heterocycles. The minimum Gasteiger partial charge on any atom is -0.369 e. The Hall–Kier alpha value is -4.91. The standard InChI is InChI=1S/C40H44N4O3/c1-3-10-33(38(41)45)34(24-28-19-20-28)39(46)42-35-26-43(32-13-5-4-6-14-32)36-15-7-8-16-37(36)44(40(35)47)25-29-11-9-12-31(23-29)30-21-17-27(2)18-22-30/h4-9,11-18,21-23,28,33-35H,3,10,19-20,24-26H2,1-2H3,(H2,41,45)(H,42,46). The van der Waals surface area contributed by atoms with E-state index in [4.69, 9.17) is 5.73 Å². The van der Waals surface area contributed by atoms with Gasteiger partial charge in [0.15, 0.2) is 0 Å². The lowest BCUT2D eigenvalue weighted by atomic mass is 9.83. The number of primary amides is 1. The summed E-state index contributed by atoms with van der Waals surface area (Å²) in [5, 5.41) is 3.15. The molecule has 1 aliphatic carbocycles. The minimum absolute atomic E-state index is 0.193. The smallest absolute Gasteiger partial charge is 0.251 e. The van der Waals surface area contributed by atoms with Crippen molar-refractivity contribution in [1.29, 1.82) is 0 Å². The molecule has 3 amide bonds. The van der Waals surface area contributed by atoms with E-state index >= 15 is 0 Å². The topological polar surface area (TPSA) is 95.7 Å². The first-order chi connectivity index (χ1) is 22.8. The highest BCUT2D eigenvalue weighted by Gasteiger charge is 2.40. The second-order valence-electron chi connectivity index (χ2n) is 13.1. The highest BCUT2D eigenvalue weighted by Crippen LogP contribution is 2.40. The van der Waals surface area contributed by atoms with E-state index in [0.717, 1.165) is 53.0 Å². The number of hydrogen-bond acceptors (Lipinski definition) is 4. The summed E-state index contributed by atoms with van der Waals surface area (Å²) in [5.41, 5.74) is 12.8. The van der Waals surface area contributed by atoms with Crippen LogP contribution in [0.2, 0.25) is 0 Å². The summed E-state index contributed by atoms with van der Waals surface area (Å²) in [4.78, 5) is 45.3. The number of nitrogens with two attached hydrogens (primary N) is 1. The van der Waals surface area contributed by atoms with Gasteiger partial charge in [-0.2, -0.15) is 0 Å². The highest BCUT2D eigenvalue weighted by atomic mass is 16.2. The number of nitrogens with zero attached hydrogens (tertiary/aromatic N) is 2. The van der Waals surface area contributed by atoms with Crippen LogP contribution in [-0.2, 0) is 20.9 Å². The molecule has 7 nitrogen and oxygen atoms in total. The monoisotopic (exact) mass is 628 g/mol. The predicted octanol–water partition coefficient (Wildman–Crippen LogP) is 7.15. The summed E-state index contributed by atoms with van der Waals surface area (Å²) >= 11 is 0. The molecule has 1 saturated carbocycles. The molecule has 1 heterocycles. The quantitative estimate of drug-likeness (QED) is 0.174. The Morgan fingerprint density at radius 3 is 2.23 bits per heavy atom. The average molecular weight is 629 g/mol. The van der Waals surface area contributed by atoms with Gasteiger partial charge < -0.3 is 20.9 Å². The van der Waals surface area contributed by atoms with Crippen LogP contribution in [-0.4, -0.2) is 30.3 Å². The van der Waals surface area contributed by atoms with Gasteiger partial charge in [-0.15, -0.1) is 0 Å². The number of nitrogens with one attached hydrogen (secondary N) is 1. The third kappa shape index (κ3) is 7.40. The number of aryl methyl sites for hydroxylation is 1. The van der Waals surface area contributed by atoms with Crippen molar-refractivity contribution in [2.75, 3.05) is 16.3 Å². The van der Waals surface area contributed by atoms with Crippen LogP contribution in [0.4, 0.5) is 17.1 Å².